The predicted molar refractivity (Wildman–Crippen MR) is 72.1 cm³/mol. The molecule has 0 saturated heterocycles. The molecule has 0 radical (unpaired) electrons. The SMILES string of the molecule is Cc1cccc(C)c1C(=O)NC1CCC(C(=O)O)C1. The van der Waals surface area contributed by atoms with Crippen molar-refractivity contribution in [2.75, 3.05) is 0 Å². The molecule has 2 unspecified atom stereocenters. The van der Waals surface area contributed by atoms with Gasteiger partial charge in [0.25, 0.3) is 5.91 Å². The first-order chi connectivity index (χ1) is 8.99. The summed E-state index contributed by atoms with van der Waals surface area (Å²) in [6.45, 7) is 3.83. The van der Waals surface area contributed by atoms with E-state index in [2.05, 4.69) is 5.32 Å². The van der Waals surface area contributed by atoms with Crippen LogP contribution in [0.4, 0.5) is 0 Å². The van der Waals surface area contributed by atoms with Gasteiger partial charge < -0.3 is 10.4 Å². The number of aliphatic carboxylic acids is 1. The van der Waals surface area contributed by atoms with Crippen LogP contribution in [0.25, 0.3) is 0 Å². The summed E-state index contributed by atoms with van der Waals surface area (Å²) in [5, 5.41) is 11.9. The lowest BCUT2D eigenvalue weighted by molar-refractivity contribution is -0.141. The van der Waals surface area contributed by atoms with Gasteiger partial charge in [-0.05, 0) is 44.2 Å². The second-order valence-electron chi connectivity index (χ2n) is 5.29. The lowest BCUT2D eigenvalue weighted by Gasteiger charge is -2.15. The zero-order chi connectivity index (χ0) is 14.0. The number of aryl methyl sites for hydroxylation is 2. The number of hydrogen-bond donors (Lipinski definition) is 2. The third-order valence-electron chi connectivity index (χ3n) is 3.83. The van der Waals surface area contributed by atoms with Crippen LogP contribution in [0, 0.1) is 19.8 Å². The Bertz CT molecular complexity index is 490. The molecular formula is C15H19NO3. The van der Waals surface area contributed by atoms with Crippen molar-refractivity contribution in [1.29, 1.82) is 0 Å². The number of carboxylic acid groups (broad SMARTS) is 1. The molecule has 19 heavy (non-hydrogen) atoms. The maximum absolute atomic E-state index is 12.3. The number of rotatable bonds is 3. The maximum Gasteiger partial charge on any atom is 0.306 e. The first kappa shape index (κ1) is 13.6. The standard InChI is InChI=1S/C15H19NO3/c1-9-4-3-5-10(2)13(9)14(17)16-12-7-6-11(8-12)15(18)19/h3-5,11-12H,6-8H2,1-2H3,(H,16,17)(H,18,19). The minimum atomic E-state index is -0.760. The molecule has 0 aliphatic heterocycles. The zero-order valence-electron chi connectivity index (χ0n) is 11.3. The summed E-state index contributed by atoms with van der Waals surface area (Å²) in [6, 6.07) is 5.73. The summed E-state index contributed by atoms with van der Waals surface area (Å²) < 4.78 is 0. The summed E-state index contributed by atoms with van der Waals surface area (Å²) in [5.74, 6) is -1.17. The Labute approximate surface area is 112 Å². The third-order valence-corrected chi connectivity index (χ3v) is 3.83. The average Bonchev–Trinajstić information content (AvgIpc) is 2.77. The molecule has 4 nitrogen and oxygen atoms in total. The van der Waals surface area contributed by atoms with Gasteiger partial charge in [0.15, 0.2) is 0 Å². The van der Waals surface area contributed by atoms with Gasteiger partial charge in [0.1, 0.15) is 0 Å². The number of hydrogen-bond acceptors (Lipinski definition) is 2. The van der Waals surface area contributed by atoms with E-state index in [1.807, 2.05) is 32.0 Å². The van der Waals surface area contributed by atoms with Gasteiger partial charge in [-0.2, -0.15) is 0 Å². The molecule has 1 fully saturated rings. The van der Waals surface area contributed by atoms with Crippen molar-refractivity contribution in [3.63, 3.8) is 0 Å². The Kier molecular flexibility index (Phi) is 3.88. The lowest BCUT2D eigenvalue weighted by atomic mass is 10.0. The summed E-state index contributed by atoms with van der Waals surface area (Å²) in [6.07, 6.45) is 1.92. The smallest absolute Gasteiger partial charge is 0.306 e. The molecule has 1 aromatic carbocycles. The van der Waals surface area contributed by atoms with Crippen molar-refractivity contribution in [3.8, 4) is 0 Å². The Balaban J connectivity index is 2.05. The van der Waals surface area contributed by atoms with Gasteiger partial charge in [0.2, 0.25) is 0 Å². The fourth-order valence-corrected chi connectivity index (χ4v) is 2.77. The Morgan fingerprint density at radius 1 is 1.21 bits per heavy atom. The molecular weight excluding hydrogens is 242 g/mol. The molecule has 2 N–H and O–H groups in total. The topological polar surface area (TPSA) is 66.4 Å². The lowest BCUT2D eigenvalue weighted by Crippen LogP contribution is -2.34. The van der Waals surface area contributed by atoms with Crippen LogP contribution in [0.15, 0.2) is 18.2 Å². The van der Waals surface area contributed by atoms with E-state index in [0.717, 1.165) is 17.5 Å². The summed E-state index contributed by atoms with van der Waals surface area (Å²) in [7, 11) is 0. The highest BCUT2D eigenvalue weighted by Crippen LogP contribution is 2.26. The predicted octanol–water partition coefficient (Wildman–Crippen LogP) is 2.29. The van der Waals surface area contributed by atoms with Gasteiger partial charge in [0.05, 0.1) is 5.92 Å². The van der Waals surface area contributed by atoms with Gasteiger partial charge in [-0.15, -0.1) is 0 Å². The van der Waals surface area contributed by atoms with E-state index in [0.29, 0.717) is 18.4 Å². The molecule has 1 aromatic rings. The van der Waals surface area contributed by atoms with Crippen LogP contribution in [0.5, 0.6) is 0 Å². The molecule has 2 rings (SSSR count). The Morgan fingerprint density at radius 3 is 2.37 bits per heavy atom. The second-order valence-corrected chi connectivity index (χ2v) is 5.29. The second kappa shape index (κ2) is 5.43. The first-order valence-electron chi connectivity index (χ1n) is 6.59. The van der Waals surface area contributed by atoms with Crippen LogP contribution in [0.2, 0.25) is 0 Å². The molecule has 0 aromatic heterocycles. The minimum absolute atomic E-state index is 0.0207. The van der Waals surface area contributed by atoms with E-state index in [1.54, 1.807) is 0 Å². The quantitative estimate of drug-likeness (QED) is 0.877. The first-order valence-corrected chi connectivity index (χ1v) is 6.59. The number of benzene rings is 1. The number of amides is 1. The third kappa shape index (κ3) is 2.95. The van der Waals surface area contributed by atoms with Gasteiger partial charge in [0, 0.05) is 11.6 Å². The van der Waals surface area contributed by atoms with Crippen LogP contribution in [-0.4, -0.2) is 23.0 Å². The highest BCUT2D eigenvalue weighted by molar-refractivity contribution is 5.97. The number of carbonyl (C=O) groups excluding carboxylic acids is 1. The van der Waals surface area contributed by atoms with Crippen LogP contribution in [0.3, 0.4) is 0 Å². The van der Waals surface area contributed by atoms with E-state index in [-0.39, 0.29) is 17.9 Å². The minimum Gasteiger partial charge on any atom is -0.481 e. The molecule has 1 amide bonds. The number of carbonyl (C=O) groups is 2. The van der Waals surface area contributed by atoms with E-state index >= 15 is 0 Å². The Hall–Kier alpha value is -1.84. The molecule has 1 saturated carbocycles. The van der Waals surface area contributed by atoms with Gasteiger partial charge >= 0.3 is 5.97 Å². The van der Waals surface area contributed by atoms with Crippen LogP contribution < -0.4 is 5.32 Å². The van der Waals surface area contributed by atoms with Crippen molar-refractivity contribution in [1.82, 2.24) is 5.32 Å². The monoisotopic (exact) mass is 261 g/mol. The van der Waals surface area contributed by atoms with Crippen molar-refractivity contribution < 1.29 is 14.7 Å². The molecule has 4 heteroatoms. The van der Waals surface area contributed by atoms with E-state index < -0.39 is 5.97 Å². The van der Waals surface area contributed by atoms with Crippen molar-refractivity contribution in [2.24, 2.45) is 5.92 Å². The normalized spacial score (nSPS) is 22.2. The largest absolute Gasteiger partial charge is 0.481 e. The molecule has 102 valence electrons. The van der Waals surface area contributed by atoms with Gasteiger partial charge in [-0.1, -0.05) is 18.2 Å². The molecule has 1 aliphatic rings. The van der Waals surface area contributed by atoms with Crippen molar-refractivity contribution >= 4 is 11.9 Å². The van der Waals surface area contributed by atoms with Gasteiger partial charge in [-0.3, -0.25) is 9.59 Å². The van der Waals surface area contributed by atoms with Gasteiger partial charge in [-0.25, -0.2) is 0 Å². The maximum atomic E-state index is 12.3. The highest BCUT2D eigenvalue weighted by atomic mass is 16.4. The molecule has 1 aliphatic carbocycles. The summed E-state index contributed by atoms with van der Waals surface area (Å²) >= 11 is 0. The van der Waals surface area contributed by atoms with Crippen LogP contribution in [-0.2, 0) is 4.79 Å². The molecule has 0 bridgehead atoms. The van der Waals surface area contributed by atoms with Crippen molar-refractivity contribution in [2.45, 2.75) is 39.2 Å². The average molecular weight is 261 g/mol. The van der Waals surface area contributed by atoms with Crippen molar-refractivity contribution in [3.05, 3.63) is 34.9 Å². The molecule has 2 atom stereocenters. The fourth-order valence-electron chi connectivity index (χ4n) is 2.77. The van der Waals surface area contributed by atoms with E-state index in [1.165, 1.54) is 0 Å². The zero-order valence-corrected chi connectivity index (χ0v) is 11.3. The molecule has 0 spiro atoms. The van der Waals surface area contributed by atoms with E-state index in [9.17, 15) is 9.59 Å². The fraction of sp³-hybridized carbons (Fsp3) is 0.467. The number of nitrogens with one attached hydrogen (secondary N) is 1. The van der Waals surface area contributed by atoms with E-state index in [4.69, 9.17) is 5.11 Å². The highest BCUT2D eigenvalue weighted by Gasteiger charge is 2.30. The molecule has 0 heterocycles. The number of carboxylic acids is 1. The summed E-state index contributed by atoms with van der Waals surface area (Å²) in [5.41, 5.74) is 2.61. The van der Waals surface area contributed by atoms with Crippen LogP contribution >= 0.6 is 0 Å². The summed E-state index contributed by atoms with van der Waals surface area (Å²) in [4.78, 5) is 23.2. The van der Waals surface area contributed by atoms with Crippen LogP contribution in [0.1, 0.15) is 40.7 Å². The Morgan fingerprint density at radius 2 is 1.84 bits per heavy atom.